The molecule has 16 heavy (non-hydrogen) atoms. The van der Waals surface area contributed by atoms with E-state index in [-0.39, 0.29) is 0 Å². The van der Waals surface area contributed by atoms with Crippen molar-refractivity contribution in [1.29, 1.82) is 0 Å². The van der Waals surface area contributed by atoms with E-state index in [0.29, 0.717) is 6.04 Å². The lowest BCUT2D eigenvalue weighted by molar-refractivity contribution is 0.500. The first kappa shape index (κ1) is 13.2. The molecule has 0 saturated carbocycles. The maximum atomic E-state index is 6.14. The van der Waals surface area contributed by atoms with Crippen LogP contribution in [0.1, 0.15) is 37.8 Å². The number of allylic oxidation sites excluding steroid dienone is 1. The van der Waals surface area contributed by atoms with Gasteiger partial charge in [-0.3, -0.25) is 4.98 Å². The highest BCUT2D eigenvalue weighted by Crippen LogP contribution is 2.25. The zero-order chi connectivity index (χ0) is 11.8. The molecular formula is C13H19ClN2. The number of unbranched alkanes of at least 4 members (excludes halogenated alkanes) is 1. The van der Waals surface area contributed by atoms with Crippen LogP contribution in [0.25, 0.3) is 0 Å². The fraction of sp³-hybridized carbons (Fsp3) is 0.462. The second-order valence-corrected chi connectivity index (χ2v) is 4.13. The molecule has 88 valence electrons. The van der Waals surface area contributed by atoms with Crippen LogP contribution in [0.15, 0.2) is 31.1 Å². The van der Waals surface area contributed by atoms with E-state index in [2.05, 4.69) is 23.8 Å². The Labute approximate surface area is 103 Å². The van der Waals surface area contributed by atoms with Crippen molar-refractivity contribution in [2.75, 3.05) is 6.54 Å². The van der Waals surface area contributed by atoms with Gasteiger partial charge < -0.3 is 5.32 Å². The molecule has 1 atom stereocenters. The topological polar surface area (TPSA) is 24.9 Å². The Hall–Kier alpha value is -0.860. The highest BCUT2D eigenvalue weighted by molar-refractivity contribution is 6.31. The van der Waals surface area contributed by atoms with Crippen molar-refractivity contribution in [3.8, 4) is 0 Å². The van der Waals surface area contributed by atoms with E-state index in [4.69, 9.17) is 11.6 Å². The molecule has 1 unspecified atom stereocenters. The van der Waals surface area contributed by atoms with Crippen molar-refractivity contribution >= 4 is 11.6 Å². The third-order valence-corrected chi connectivity index (χ3v) is 2.85. The van der Waals surface area contributed by atoms with E-state index in [1.807, 2.05) is 12.1 Å². The van der Waals surface area contributed by atoms with Crippen LogP contribution in [0, 0.1) is 0 Å². The summed E-state index contributed by atoms with van der Waals surface area (Å²) in [6, 6.07) is 2.31. The average molecular weight is 239 g/mol. The standard InChI is InChI=1S/C13H19ClN2/c1-3-5-6-7-13(16-4-2)11-8-9-15-10-12(11)14/h3,8-10,13,16H,1,4-7H2,2H3. The molecule has 0 aromatic carbocycles. The Morgan fingerprint density at radius 2 is 2.44 bits per heavy atom. The van der Waals surface area contributed by atoms with Crippen LogP contribution in [-0.4, -0.2) is 11.5 Å². The number of nitrogens with zero attached hydrogens (tertiary/aromatic N) is 1. The monoisotopic (exact) mass is 238 g/mol. The number of pyridine rings is 1. The van der Waals surface area contributed by atoms with Gasteiger partial charge in [0.2, 0.25) is 0 Å². The van der Waals surface area contributed by atoms with Crippen LogP contribution in [0.4, 0.5) is 0 Å². The zero-order valence-corrected chi connectivity index (χ0v) is 10.5. The number of aromatic nitrogens is 1. The minimum atomic E-state index is 0.320. The fourth-order valence-electron chi connectivity index (χ4n) is 1.75. The Balaban J connectivity index is 2.68. The van der Waals surface area contributed by atoms with Crippen molar-refractivity contribution in [3.05, 3.63) is 41.7 Å². The van der Waals surface area contributed by atoms with Gasteiger partial charge in [0.1, 0.15) is 0 Å². The summed E-state index contributed by atoms with van der Waals surface area (Å²) in [5, 5.41) is 4.19. The van der Waals surface area contributed by atoms with Gasteiger partial charge in [-0.05, 0) is 37.4 Å². The van der Waals surface area contributed by atoms with E-state index >= 15 is 0 Å². The zero-order valence-electron chi connectivity index (χ0n) is 9.75. The minimum Gasteiger partial charge on any atom is -0.310 e. The second kappa shape index (κ2) is 7.42. The number of halogens is 1. The highest BCUT2D eigenvalue weighted by Gasteiger charge is 2.12. The molecule has 1 heterocycles. The summed E-state index contributed by atoms with van der Waals surface area (Å²) in [7, 11) is 0. The van der Waals surface area contributed by atoms with Gasteiger partial charge in [0.05, 0.1) is 5.02 Å². The lowest BCUT2D eigenvalue weighted by Crippen LogP contribution is -2.21. The summed E-state index contributed by atoms with van der Waals surface area (Å²) < 4.78 is 0. The summed E-state index contributed by atoms with van der Waals surface area (Å²) in [6.07, 6.45) is 8.69. The largest absolute Gasteiger partial charge is 0.310 e. The molecule has 0 aliphatic rings. The van der Waals surface area contributed by atoms with Crippen LogP contribution < -0.4 is 5.32 Å². The minimum absolute atomic E-state index is 0.320. The molecule has 3 heteroatoms. The predicted molar refractivity (Wildman–Crippen MR) is 69.7 cm³/mol. The first-order chi connectivity index (χ1) is 7.79. The van der Waals surface area contributed by atoms with Crippen LogP contribution in [-0.2, 0) is 0 Å². The van der Waals surface area contributed by atoms with Crippen LogP contribution in [0.2, 0.25) is 5.02 Å². The predicted octanol–water partition coefficient (Wildman–Crippen LogP) is 3.74. The SMILES string of the molecule is C=CCCCC(NCC)c1ccncc1Cl. The summed E-state index contributed by atoms with van der Waals surface area (Å²) in [5.41, 5.74) is 1.14. The van der Waals surface area contributed by atoms with Gasteiger partial charge in [-0.25, -0.2) is 0 Å². The van der Waals surface area contributed by atoms with Gasteiger partial charge >= 0.3 is 0 Å². The second-order valence-electron chi connectivity index (χ2n) is 3.73. The smallest absolute Gasteiger partial charge is 0.0637 e. The van der Waals surface area contributed by atoms with Gasteiger partial charge in [-0.2, -0.15) is 0 Å². The first-order valence-corrected chi connectivity index (χ1v) is 6.11. The number of rotatable bonds is 7. The number of hydrogen-bond acceptors (Lipinski definition) is 2. The van der Waals surface area contributed by atoms with E-state index in [1.54, 1.807) is 12.4 Å². The van der Waals surface area contributed by atoms with Crippen molar-refractivity contribution in [1.82, 2.24) is 10.3 Å². The van der Waals surface area contributed by atoms with Gasteiger partial charge in [-0.1, -0.05) is 24.6 Å². The normalized spacial score (nSPS) is 12.4. The van der Waals surface area contributed by atoms with E-state index in [0.717, 1.165) is 36.4 Å². The number of hydrogen-bond donors (Lipinski definition) is 1. The Morgan fingerprint density at radius 3 is 3.06 bits per heavy atom. The summed E-state index contributed by atoms with van der Waals surface area (Å²) in [6.45, 7) is 6.79. The number of nitrogens with one attached hydrogen (secondary N) is 1. The third kappa shape index (κ3) is 3.95. The molecule has 0 fully saturated rings. The molecule has 0 aliphatic heterocycles. The maximum Gasteiger partial charge on any atom is 0.0637 e. The molecule has 0 spiro atoms. The molecule has 0 aliphatic carbocycles. The van der Waals surface area contributed by atoms with Crippen molar-refractivity contribution < 1.29 is 0 Å². The van der Waals surface area contributed by atoms with Gasteiger partial charge in [0.15, 0.2) is 0 Å². The van der Waals surface area contributed by atoms with Gasteiger partial charge in [0.25, 0.3) is 0 Å². The summed E-state index contributed by atoms with van der Waals surface area (Å²) in [5.74, 6) is 0. The van der Waals surface area contributed by atoms with Crippen molar-refractivity contribution in [2.45, 2.75) is 32.2 Å². The van der Waals surface area contributed by atoms with Crippen LogP contribution in [0.3, 0.4) is 0 Å². The lowest BCUT2D eigenvalue weighted by atomic mass is 10.0. The van der Waals surface area contributed by atoms with Crippen molar-refractivity contribution in [3.63, 3.8) is 0 Å². The first-order valence-electron chi connectivity index (χ1n) is 5.73. The van der Waals surface area contributed by atoms with Crippen LogP contribution in [0.5, 0.6) is 0 Å². The lowest BCUT2D eigenvalue weighted by Gasteiger charge is -2.18. The molecule has 1 aromatic heterocycles. The Kier molecular flexibility index (Phi) is 6.12. The summed E-state index contributed by atoms with van der Waals surface area (Å²) >= 11 is 6.14. The fourth-order valence-corrected chi connectivity index (χ4v) is 2.00. The molecule has 0 radical (unpaired) electrons. The van der Waals surface area contributed by atoms with Crippen molar-refractivity contribution in [2.24, 2.45) is 0 Å². The molecule has 0 amide bonds. The quantitative estimate of drug-likeness (QED) is 0.578. The highest BCUT2D eigenvalue weighted by atomic mass is 35.5. The Bertz CT molecular complexity index is 325. The molecule has 0 saturated heterocycles. The molecule has 2 nitrogen and oxygen atoms in total. The third-order valence-electron chi connectivity index (χ3n) is 2.53. The van der Waals surface area contributed by atoms with Gasteiger partial charge in [0, 0.05) is 18.4 Å². The average Bonchev–Trinajstić information content (AvgIpc) is 2.29. The van der Waals surface area contributed by atoms with E-state index in [9.17, 15) is 0 Å². The van der Waals surface area contributed by atoms with E-state index in [1.165, 1.54) is 0 Å². The molecule has 1 N–H and O–H groups in total. The molecular weight excluding hydrogens is 220 g/mol. The maximum absolute atomic E-state index is 6.14. The van der Waals surface area contributed by atoms with E-state index < -0.39 is 0 Å². The molecule has 1 rings (SSSR count). The summed E-state index contributed by atoms with van der Waals surface area (Å²) in [4.78, 5) is 4.01. The Morgan fingerprint density at radius 1 is 1.62 bits per heavy atom. The van der Waals surface area contributed by atoms with Crippen LogP contribution >= 0.6 is 11.6 Å². The molecule has 1 aromatic rings. The molecule has 0 bridgehead atoms. The van der Waals surface area contributed by atoms with Gasteiger partial charge in [-0.15, -0.1) is 6.58 Å².